The van der Waals surface area contributed by atoms with E-state index in [1.807, 2.05) is 0 Å². The normalized spacial score (nSPS) is 14.4. The van der Waals surface area contributed by atoms with E-state index in [1.54, 1.807) is 0 Å². The van der Waals surface area contributed by atoms with E-state index in [4.69, 9.17) is 9.11 Å². The summed E-state index contributed by atoms with van der Waals surface area (Å²) < 4.78 is 29.5. The first kappa shape index (κ1) is 10.8. The van der Waals surface area contributed by atoms with Crippen LogP contribution in [0.5, 0.6) is 0 Å². The average molecular weight is 219 g/mol. The van der Waals surface area contributed by atoms with Crippen molar-refractivity contribution < 1.29 is 18.2 Å². The quantitative estimate of drug-likeness (QED) is 0.577. The van der Waals surface area contributed by atoms with Gasteiger partial charge < -0.3 is 9.11 Å². The Bertz CT molecular complexity index is 421. The number of rotatable bonds is 2. The van der Waals surface area contributed by atoms with Gasteiger partial charge in [-0.25, -0.2) is 4.21 Å². The van der Waals surface area contributed by atoms with Crippen LogP contribution in [0.1, 0.15) is 0 Å². The second-order valence-corrected chi connectivity index (χ2v) is 5.92. The van der Waals surface area contributed by atoms with Crippen LogP contribution < -0.4 is 0 Å². The molecule has 0 saturated carbocycles. The van der Waals surface area contributed by atoms with E-state index in [1.165, 1.54) is 0 Å². The summed E-state index contributed by atoms with van der Waals surface area (Å²) in [4.78, 5) is 9.38. The molecule has 0 atom stereocenters. The van der Waals surface area contributed by atoms with E-state index in [9.17, 15) is 14.3 Å². The number of hydrogen-bond donors (Lipinski definition) is 2. The van der Waals surface area contributed by atoms with Gasteiger partial charge in [-0.15, -0.1) is 0 Å². The van der Waals surface area contributed by atoms with Crippen LogP contribution in [0.15, 0.2) is 29.2 Å². The van der Waals surface area contributed by atoms with Gasteiger partial charge >= 0.3 is 0 Å². The molecule has 0 aliphatic rings. The third-order valence-corrected chi connectivity index (χ3v) is 2.95. The Balaban J connectivity index is 3.20. The lowest BCUT2D eigenvalue weighted by atomic mass is 10.3. The summed E-state index contributed by atoms with van der Waals surface area (Å²) in [5.41, 5.74) is -0.203. The number of hydrogen-bond acceptors (Lipinski definition) is 3. The van der Waals surface area contributed by atoms with Crippen molar-refractivity contribution in [2.75, 3.05) is 6.26 Å². The molecule has 0 bridgehead atoms. The average Bonchev–Trinajstić information content (AvgIpc) is 2.01. The molecule has 1 rings (SSSR count). The molecule has 0 fully saturated rings. The molecule has 1 aromatic rings. The molecule has 0 aromatic heterocycles. The first-order valence-corrected chi connectivity index (χ1v) is 5.84. The summed E-state index contributed by atoms with van der Waals surface area (Å²) in [5.74, 6) is 0. The Kier molecular flexibility index (Phi) is 2.18. The highest BCUT2D eigenvalue weighted by molar-refractivity contribution is 8.09. The minimum atomic E-state index is -4.78. The van der Waals surface area contributed by atoms with Crippen molar-refractivity contribution in [3.63, 3.8) is 0 Å². The Hall–Kier alpha value is -1.31. The lowest BCUT2D eigenvalue weighted by Crippen LogP contribution is -2.28. The van der Waals surface area contributed by atoms with E-state index in [0.717, 1.165) is 30.5 Å². The molecule has 78 valence electrons. The van der Waals surface area contributed by atoms with Gasteiger partial charge in [0.25, 0.3) is 5.69 Å². The van der Waals surface area contributed by atoms with Gasteiger partial charge in [-0.2, -0.15) is 0 Å². The highest BCUT2D eigenvalue weighted by atomic mass is 32.3. The fourth-order valence-corrected chi connectivity index (χ4v) is 1.64. The predicted molar refractivity (Wildman–Crippen MR) is 50.7 cm³/mol. The SMILES string of the molecule is CS(=O)(O)(O)c1ccc([N+](=O)[O-])cc1. The first-order valence-electron chi connectivity index (χ1n) is 3.55. The van der Waals surface area contributed by atoms with E-state index in [0.29, 0.717) is 0 Å². The lowest BCUT2D eigenvalue weighted by molar-refractivity contribution is -0.384. The molecule has 0 saturated heterocycles. The fraction of sp³-hybridized carbons (Fsp3) is 0.143. The lowest BCUT2D eigenvalue weighted by Gasteiger charge is -2.25. The van der Waals surface area contributed by atoms with Crippen molar-refractivity contribution in [2.45, 2.75) is 4.90 Å². The zero-order valence-corrected chi connectivity index (χ0v) is 8.10. The van der Waals surface area contributed by atoms with Crippen molar-refractivity contribution in [1.29, 1.82) is 0 Å². The molecular formula is C7H9NO5S. The van der Waals surface area contributed by atoms with Crippen LogP contribution in [0.2, 0.25) is 0 Å². The number of nitrogens with zero attached hydrogens (tertiary/aromatic N) is 1. The Morgan fingerprint density at radius 3 is 2.00 bits per heavy atom. The van der Waals surface area contributed by atoms with E-state index in [-0.39, 0.29) is 10.6 Å². The monoisotopic (exact) mass is 219 g/mol. The summed E-state index contributed by atoms with van der Waals surface area (Å²) in [5, 5.41) is 10.3. The van der Waals surface area contributed by atoms with Gasteiger partial charge in [-0.1, -0.05) is 0 Å². The van der Waals surface area contributed by atoms with Gasteiger partial charge in [-0.3, -0.25) is 10.1 Å². The summed E-state index contributed by atoms with van der Waals surface area (Å²) in [6.45, 7) is 0. The van der Waals surface area contributed by atoms with Crippen molar-refractivity contribution in [3.8, 4) is 0 Å². The topological polar surface area (TPSA) is 101 Å². The van der Waals surface area contributed by atoms with Crippen molar-refractivity contribution >= 4 is 15.3 Å². The molecule has 0 heterocycles. The van der Waals surface area contributed by atoms with Crippen LogP contribution in [0.3, 0.4) is 0 Å². The maximum absolute atomic E-state index is 11.2. The summed E-state index contributed by atoms with van der Waals surface area (Å²) >= 11 is 0. The maximum Gasteiger partial charge on any atom is 0.269 e. The highest BCUT2D eigenvalue weighted by Gasteiger charge is 2.25. The van der Waals surface area contributed by atoms with Crippen molar-refractivity contribution in [2.24, 2.45) is 0 Å². The number of nitro groups is 1. The summed E-state index contributed by atoms with van der Waals surface area (Å²) in [7, 11) is -4.78. The molecular weight excluding hydrogens is 210 g/mol. The van der Waals surface area contributed by atoms with Crippen LogP contribution in [-0.4, -0.2) is 24.5 Å². The maximum atomic E-state index is 11.2. The molecule has 2 N–H and O–H groups in total. The zero-order valence-electron chi connectivity index (χ0n) is 7.28. The zero-order chi connectivity index (χ0) is 11.0. The van der Waals surface area contributed by atoms with E-state index >= 15 is 0 Å². The highest BCUT2D eigenvalue weighted by Crippen LogP contribution is 2.26. The largest absolute Gasteiger partial charge is 0.304 e. The molecule has 0 aliphatic heterocycles. The third kappa shape index (κ3) is 2.34. The summed E-state index contributed by atoms with van der Waals surface area (Å²) in [6, 6.07) is 4.21. The minimum absolute atomic E-state index is 0.203. The van der Waals surface area contributed by atoms with Crippen LogP contribution in [0.25, 0.3) is 0 Å². The molecule has 0 amide bonds. The summed E-state index contributed by atoms with van der Waals surface area (Å²) in [6.07, 6.45) is 0.762. The third-order valence-electron chi connectivity index (χ3n) is 1.59. The van der Waals surface area contributed by atoms with Gasteiger partial charge in [0.15, 0.2) is 0 Å². The Morgan fingerprint density at radius 1 is 1.29 bits per heavy atom. The second kappa shape index (κ2) is 2.84. The molecule has 0 unspecified atom stereocenters. The Morgan fingerprint density at radius 2 is 1.71 bits per heavy atom. The van der Waals surface area contributed by atoms with Gasteiger partial charge in [-0.05, 0) is 12.1 Å². The smallest absolute Gasteiger partial charge is 0.269 e. The molecule has 14 heavy (non-hydrogen) atoms. The Labute approximate surface area is 79.8 Å². The molecule has 0 spiro atoms. The number of non-ortho nitro benzene ring substituents is 1. The van der Waals surface area contributed by atoms with Gasteiger partial charge in [0, 0.05) is 18.4 Å². The number of nitro benzene ring substituents is 1. The van der Waals surface area contributed by atoms with Gasteiger partial charge in [0.05, 0.1) is 9.82 Å². The molecule has 0 aliphatic carbocycles. The fourth-order valence-electron chi connectivity index (χ4n) is 0.881. The minimum Gasteiger partial charge on any atom is -0.304 e. The van der Waals surface area contributed by atoms with Crippen molar-refractivity contribution in [3.05, 3.63) is 34.4 Å². The van der Waals surface area contributed by atoms with Gasteiger partial charge in [0.2, 0.25) is 0 Å². The van der Waals surface area contributed by atoms with E-state index < -0.39 is 14.6 Å². The van der Waals surface area contributed by atoms with E-state index in [2.05, 4.69) is 0 Å². The molecule has 0 radical (unpaired) electrons. The predicted octanol–water partition coefficient (Wildman–Crippen LogP) is 1.35. The molecule has 1 aromatic carbocycles. The van der Waals surface area contributed by atoms with Gasteiger partial charge in [0.1, 0.15) is 9.63 Å². The van der Waals surface area contributed by atoms with Crippen molar-refractivity contribution in [1.82, 2.24) is 0 Å². The van der Waals surface area contributed by atoms with Crippen LogP contribution in [-0.2, 0) is 9.63 Å². The first-order chi connectivity index (χ1) is 6.17. The standard InChI is InChI=1S/C7H9NO5S/c1-14(11,12,13)7-4-2-6(3-5-7)8(9)10/h2-5H,1H3,(H2,11,12,13). The van der Waals surface area contributed by atoms with Crippen LogP contribution in [0, 0.1) is 10.1 Å². The second-order valence-electron chi connectivity index (χ2n) is 2.98. The molecule has 6 nitrogen and oxygen atoms in total. The van der Waals surface area contributed by atoms with Crippen LogP contribution >= 0.6 is 0 Å². The van der Waals surface area contributed by atoms with Crippen LogP contribution in [0.4, 0.5) is 5.69 Å². The molecule has 7 heteroatoms. The number of benzene rings is 1.